The van der Waals surface area contributed by atoms with E-state index < -0.39 is 11.6 Å². The number of benzene rings is 1. The summed E-state index contributed by atoms with van der Waals surface area (Å²) in [6.07, 6.45) is 1.49. The number of nitrogens with zero attached hydrogens (tertiary/aromatic N) is 1. The zero-order valence-corrected chi connectivity index (χ0v) is 10.3. The third-order valence-corrected chi connectivity index (χ3v) is 2.95. The van der Waals surface area contributed by atoms with Crippen LogP contribution in [0.4, 0.5) is 8.78 Å². The van der Waals surface area contributed by atoms with Crippen molar-refractivity contribution in [3.8, 4) is 11.3 Å². The maximum Gasteiger partial charge on any atom is 0.133 e. The van der Waals surface area contributed by atoms with Gasteiger partial charge in [-0.3, -0.25) is 0 Å². The topological polar surface area (TPSA) is 54.7 Å². The average molecular weight is 251 g/mol. The molecule has 3 N–H and O–H groups in total. The van der Waals surface area contributed by atoms with Gasteiger partial charge in [-0.25, -0.2) is 13.8 Å². The second-order valence-corrected chi connectivity index (χ2v) is 4.40. The van der Waals surface area contributed by atoms with Gasteiger partial charge in [-0.2, -0.15) is 0 Å². The number of imidazole rings is 1. The minimum Gasteiger partial charge on any atom is -0.342 e. The number of halogens is 2. The second kappa shape index (κ2) is 4.86. The van der Waals surface area contributed by atoms with Crippen molar-refractivity contribution in [1.29, 1.82) is 0 Å². The normalized spacial score (nSPS) is 12.7. The molecule has 0 aliphatic carbocycles. The number of nitrogens with two attached hydrogens (primary N) is 1. The lowest BCUT2D eigenvalue weighted by Gasteiger charge is -2.05. The molecule has 0 aliphatic heterocycles. The van der Waals surface area contributed by atoms with Crippen LogP contribution in [0.25, 0.3) is 11.3 Å². The maximum atomic E-state index is 13.8. The summed E-state index contributed by atoms with van der Waals surface area (Å²) in [5.41, 5.74) is 6.46. The molecule has 0 bridgehead atoms. The van der Waals surface area contributed by atoms with E-state index in [1.54, 1.807) is 0 Å². The number of nitrogens with one attached hydrogen (secondary N) is 1. The number of aromatic nitrogens is 2. The third-order valence-electron chi connectivity index (χ3n) is 2.95. The molecule has 5 heteroatoms. The third kappa shape index (κ3) is 2.26. The number of aryl methyl sites for hydroxylation is 1. The van der Waals surface area contributed by atoms with Gasteiger partial charge in [-0.05, 0) is 24.6 Å². The van der Waals surface area contributed by atoms with E-state index in [0.29, 0.717) is 18.1 Å². The summed E-state index contributed by atoms with van der Waals surface area (Å²) in [6.45, 7) is 3.88. The van der Waals surface area contributed by atoms with E-state index in [2.05, 4.69) is 9.97 Å². The van der Waals surface area contributed by atoms with Gasteiger partial charge < -0.3 is 10.7 Å². The lowest BCUT2D eigenvalue weighted by molar-refractivity contribution is 0.594. The predicted molar refractivity (Wildman–Crippen MR) is 66.1 cm³/mol. The smallest absolute Gasteiger partial charge is 0.133 e. The molecule has 0 amide bonds. The molecule has 2 rings (SSSR count). The van der Waals surface area contributed by atoms with Crippen LogP contribution in [0.5, 0.6) is 0 Å². The first-order valence-electron chi connectivity index (χ1n) is 5.74. The van der Waals surface area contributed by atoms with Crippen molar-refractivity contribution in [2.75, 3.05) is 6.54 Å². The largest absolute Gasteiger partial charge is 0.342 e. The Morgan fingerprint density at radius 1 is 1.33 bits per heavy atom. The highest BCUT2D eigenvalue weighted by Crippen LogP contribution is 2.25. The predicted octanol–water partition coefficient (Wildman–Crippen LogP) is 2.73. The fourth-order valence-electron chi connectivity index (χ4n) is 1.69. The molecule has 0 radical (unpaired) electrons. The minimum absolute atomic E-state index is 0.0529. The molecule has 1 aromatic heterocycles. The van der Waals surface area contributed by atoms with Gasteiger partial charge in [0.1, 0.15) is 17.5 Å². The molecule has 96 valence electrons. The standard InChI is InChI=1S/C13H15F2N3/c1-7-3-11(15)9(4-10(7)14)12-6-17-13(18-12)8(2)5-16/h3-4,6,8H,5,16H2,1-2H3,(H,17,18). The van der Waals surface area contributed by atoms with E-state index in [-0.39, 0.29) is 17.0 Å². The van der Waals surface area contributed by atoms with Gasteiger partial charge in [0.05, 0.1) is 11.9 Å². The van der Waals surface area contributed by atoms with Crippen LogP contribution in [0.1, 0.15) is 24.2 Å². The molecule has 0 spiro atoms. The molecule has 2 aromatic rings. The summed E-state index contributed by atoms with van der Waals surface area (Å²) in [6, 6.07) is 2.35. The summed E-state index contributed by atoms with van der Waals surface area (Å²) in [5, 5.41) is 0. The number of hydrogen-bond acceptors (Lipinski definition) is 2. The molecule has 0 saturated heterocycles. The van der Waals surface area contributed by atoms with E-state index in [4.69, 9.17) is 5.73 Å². The Bertz CT molecular complexity index is 563. The molecule has 3 nitrogen and oxygen atoms in total. The van der Waals surface area contributed by atoms with E-state index in [1.807, 2.05) is 6.92 Å². The summed E-state index contributed by atoms with van der Waals surface area (Å²) < 4.78 is 27.2. The van der Waals surface area contributed by atoms with Crippen molar-refractivity contribution < 1.29 is 8.78 Å². The Morgan fingerprint density at radius 2 is 2.06 bits per heavy atom. The molecule has 0 saturated carbocycles. The zero-order valence-electron chi connectivity index (χ0n) is 10.3. The molecule has 1 atom stereocenters. The Hall–Kier alpha value is -1.75. The first-order chi connectivity index (χ1) is 8.52. The molecule has 1 aromatic carbocycles. The van der Waals surface area contributed by atoms with E-state index in [9.17, 15) is 8.78 Å². The van der Waals surface area contributed by atoms with Crippen LogP contribution in [0, 0.1) is 18.6 Å². The Balaban J connectivity index is 2.43. The number of hydrogen-bond donors (Lipinski definition) is 2. The molecular weight excluding hydrogens is 236 g/mol. The van der Waals surface area contributed by atoms with Gasteiger partial charge >= 0.3 is 0 Å². The lowest BCUT2D eigenvalue weighted by Crippen LogP contribution is -2.10. The molecule has 1 heterocycles. The minimum atomic E-state index is -0.468. The summed E-state index contributed by atoms with van der Waals surface area (Å²) in [5.74, 6) is -0.177. The van der Waals surface area contributed by atoms with Crippen molar-refractivity contribution in [1.82, 2.24) is 9.97 Å². The van der Waals surface area contributed by atoms with Gasteiger partial charge in [-0.1, -0.05) is 6.92 Å². The maximum absolute atomic E-state index is 13.8. The molecule has 0 fully saturated rings. The Labute approximate surface area is 104 Å². The lowest BCUT2D eigenvalue weighted by atomic mass is 10.1. The first-order valence-corrected chi connectivity index (χ1v) is 5.74. The second-order valence-electron chi connectivity index (χ2n) is 4.40. The molecule has 1 unspecified atom stereocenters. The summed E-state index contributed by atoms with van der Waals surface area (Å²) in [7, 11) is 0. The van der Waals surface area contributed by atoms with Crippen LogP contribution < -0.4 is 5.73 Å². The van der Waals surface area contributed by atoms with Crippen molar-refractivity contribution in [2.24, 2.45) is 5.73 Å². The molecule has 18 heavy (non-hydrogen) atoms. The first kappa shape index (κ1) is 12.7. The Morgan fingerprint density at radius 3 is 2.72 bits per heavy atom. The van der Waals surface area contributed by atoms with Crippen LogP contribution in [-0.4, -0.2) is 16.5 Å². The van der Waals surface area contributed by atoms with E-state index in [0.717, 1.165) is 0 Å². The molecular formula is C13H15F2N3. The number of aromatic amines is 1. The van der Waals surface area contributed by atoms with Crippen molar-refractivity contribution in [3.05, 3.63) is 41.4 Å². The monoisotopic (exact) mass is 251 g/mol. The summed E-state index contributed by atoms with van der Waals surface area (Å²) >= 11 is 0. The quantitative estimate of drug-likeness (QED) is 0.881. The number of rotatable bonds is 3. The highest BCUT2D eigenvalue weighted by Gasteiger charge is 2.13. The highest BCUT2D eigenvalue weighted by atomic mass is 19.1. The molecule has 0 aliphatic rings. The van der Waals surface area contributed by atoms with Crippen LogP contribution in [0.3, 0.4) is 0 Å². The van der Waals surface area contributed by atoms with Crippen LogP contribution >= 0.6 is 0 Å². The van der Waals surface area contributed by atoms with Crippen LogP contribution in [0.15, 0.2) is 18.3 Å². The van der Waals surface area contributed by atoms with Crippen molar-refractivity contribution in [2.45, 2.75) is 19.8 Å². The number of H-pyrrole nitrogens is 1. The van der Waals surface area contributed by atoms with E-state index in [1.165, 1.54) is 25.3 Å². The Kier molecular flexibility index (Phi) is 3.43. The van der Waals surface area contributed by atoms with Gasteiger partial charge in [0.15, 0.2) is 0 Å². The fourth-order valence-corrected chi connectivity index (χ4v) is 1.69. The highest BCUT2D eigenvalue weighted by molar-refractivity contribution is 5.60. The van der Waals surface area contributed by atoms with Gasteiger partial charge in [0.2, 0.25) is 0 Å². The zero-order chi connectivity index (χ0) is 13.3. The fraction of sp³-hybridized carbons (Fsp3) is 0.308. The van der Waals surface area contributed by atoms with Crippen LogP contribution in [0.2, 0.25) is 0 Å². The average Bonchev–Trinajstić information content (AvgIpc) is 2.82. The van der Waals surface area contributed by atoms with Gasteiger partial charge in [0, 0.05) is 18.0 Å². The van der Waals surface area contributed by atoms with E-state index >= 15 is 0 Å². The summed E-state index contributed by atoms with van der Waals surface area (Å²) in [4.78, 5) is 7.10. The van der Waals surface area contributed by atoms with Crippen LogP contribution in [-0.2, 0) is 0 Å². The van der Waals surface area contributed by atoms with Gasteiger partial charge in [0.25, 0.3) is 0 Å². The van der Waals surface area contributed by atoms with Crippen molar-refractivity contribution in [3.63, 3.8) is 0 Å². The van der Waals surface area contributed by atoms with Crippen molar-refractivity contribution >= 4 is 0 Å². The SMILES string of the molecule is Cc1cc(F)c(-c2cnc(C(C)CN)[nH]2)cc1F. The van der Waals surface area contributed by atoms with Gasteiger partial charge in [-0.15, -0.1) is 0 Å².